The van der Waals surface area contributed by atoms with Crippen molar-refractivity contribution in [1.82, 2.24) is 10.6 Å². The number of rotatable bonds is 5. The Morgan fingerprint density at radius 2 is 1.82 bits per heavy atom. The Balaban J connectivity index is 1.60. The molecular weight excluding hydrogens is 416 g/mol. The summed E-state index contributed by atoms with van der Waals surface area (Å²) in [7, 11) is 0. The zero-order valence-electron chi connectivity index (χ0n) is 21.0. The van der Waals surface area contributed by atoms with E-state index in [1.807, 2.05) is 0 Å². The van der Waals surface area contributed by atoms with E-state index in [1.54, 1.807) is 19.4 Å². The Bertz CT molecular complexity index is 838. The molecule has 0 saturated heterocycles. The third kappa shape index (κ3) is 4.35. The van der Waals surface area contributed by atoms with Crippen LogP contribution in [0, 0.1) is 34.5 Å². The van der Waals surface area contributed by atoms with Crippen LogP contribution in [0.2, 0.25) is 0 Å². The lowest BCUT2D eigenvalue weighted by atomic mass is 9.46. The molecule has 3 saturated carbocycles. The van der Waals surface area contributed by atoms with Gasteiger partial charge in [0.2, 0.25) is 11.8 Å². The summed E-state index contributed by atoms with van der Waals surface area (Å²) in [4.78, 5) is 35.3. The van der Waals surface area contributed by atoms with Gasteiger partial charge in [-0.15, -0.1) is 0 Å². The molecule has 0 heterocycles. The Morgan fingerprint density at radius 3 is 2.48 bits per heavy atom. The van der Waals surface area contributed by atoms with Gasteiger partial charge in [-0.25, -0.2) is 0 Å². The molecule has 4 aliphatic rings. The third-order valence-electron chi connectivity index (χ3n) is 9.87. The molecule has 0 bridgehead atoms. The highest BCUT2D eigenvalue weighted by Gasteiger charge is 2.61. The molecule has 0 radical (unpaired) electrons. The number of nitrogens with one attached hydrogen (secondary N) is 2. The topological polar surface area (TPSA) is 84.5 Å². The van der Waals surface area contributed by atoms with E-state index in [4.69, 9.17) is 4.74 Å². The lowest BCUT2D eigenvalue weighted by Gasteiger charge is -2.59. The maximum atomic E-state index is 11.8. The fourth-order valence-electron chi connectivity index (χ4n) is 8.61. The van der Waals surface area contributed by atoms with Crippen molar-refractivity contribution in [3.8, 4) is 0 Å². The van der Waals surface area contributed by atoms with E-state index in [0.29, 0.717) is 30.3 Å². The maximum Gasteiger partial charge on any atom is 0.302 e. The molecule has 6 nitrogen and oxygen atoms in total. The fraction of sp³-hybridized carbons (Fsp3) is 0.815. The van der Waals surface area contributed by atoms with Crippen LogP contribution in [0.15, 0.2) is 11.6 Å². The number of esters is 1. The van der Waals surface area contributed by atoms with Gasteiger partial charge in [-0.3, -0.25) is 14.4 Å². The molecule has 6 heteroatoms. The maximum absolute atomic E-state index is 11.8. The van der Waals surface area contributed by atoms with Crippen molar-refractivity contribution >= 4 is 17.8 Å². The van der Waals surface area contributed by atoms with Crippen LogP contribution in [0.3, 0.4) is 0 Å². The molecule has 0 spiro atoms. The van der Waals surface area contributed by atoms with Gasteiger partial charge in [-0.2, -0.15) is 0 Å². The van der Waals surface area contributed by atoms with Gasteiger partial charge in [0.05, 0.1) is 6.61 Å². The third-order valence-corrected chi connectivity index (χ3v) is 9.87. The first kappa shape index (κ1) is 24.3. The minimum absolute atomic E-state index is 0.0101. The summed E-state index contributed by atoms with van der Waals surface area (Å²) in [6.07, 6.45) is 11.1. The average Bonchev–Trinajstić information content (AvgIpc) is 3.12. The van der Waals surface area contributed by atoms with Crippen molar-refractivity contribution in [2.75, 3.05) is 6.61 Å². The van der Waals surface area contributed by atoms with E-state index >= 15 is 0 Å². The number of carbonyl (C=O) groups is 3. The largest absolute Gasteiger partial charge is 0.465 e. The average molecular weight is 459 g/mol. The number of ether oxygens (including phenoxy) is 1. The lowest BCUT2D eigenvalue weighted by Crippen LogP contribution is -2.55. The van der Waals surface area contributed by atoms with Gasteiger partial charge in [0, 0.05) is 38.3 Å². The quantitative estimate of drug-likeness (QED) is 0.479. The minimum atomic E-state index is -0.211. The minimum Gasteiger partial charge on any atom is -0.465 e. The molecule has 3 fully saturated rings. The van der Waals surface area contributed by atoms with Crippen LogP contribution < -0.4 is 10.6 Å². The van der Waals surface area contributed by atoms with Crippen molar-refractivity contribution < 1.29 is 19.1 Å². The van der Waals surface area contributed by atoms with E-state index in [9.17, 15) is 14.4 Å². The summed E-state index contributed by atoms with van der Waals surface area (Å²) in [5.41, 5.74) is 1.69. The van der Waals surface area contributed by atoms with Gasteiger partial charge >= 0.3 is 5.97 Å². The fourth-order valence-corrected chi connectivity index (χ4v) is 8.61. The summed E-state index contributed by atoms with van der Waals surface area (Å²) in [5.74, 6) is 1.94. The van der Waals surface area contributed by atoms with Crippen molar-refractivity contribution in [2.24, 2.45) is 34.5 Å². The normalized spacial score (nSPS) is 40.4. The predicted molar refractivity (Wildman–Crippen MR) is 127 cm³/mol. The highest BCUT2D eigenvalue weighted by Crippen LogP contribution is 2.66. The molecule has 0 aromatic carbocycles. The molecule has 4 aliphatic carbocycles. The van der Waals surface area contributed by atoms with Gasteiger partial charge in [0.25, 0.3) is 0 Å². The molecule has 2 amide bonds. The van der Waals surface area contributed by atoms with Gasteiger partial charge < -0.3 is 15.4 Å². The van der Waals surface area contributed by atoms with Crippen LogP contribution >= 0.6 is 0 Å². The number of hydrogen-bond donors (Lipinski definition) is 2. The summed E-state index contributed by atoms with van der Waals surface area (Å²) in [6, 6.07) is 0.345. The first-order chi connectivity index (χ1) is 15.6. The number of carbonyl (C=O) groups excluding carboxylic acids is 3. The monoisotopic (exact) mass is 458 g/mol. The van der Waals surface area contributed by atoms with Crippen LogP contribution in [0.25, 0.3) is 0 Å². The second-order valence-corrected chi connectivity index (χ2v) is 11.6. The molecule has 0 aromatic heterocycles. The second-order valence-electron chi connectivity index (χ2n) is 11.6. The lowest BCUT2D eigenvalue weighted by molar-refractivity contribution is -0.153. The van der Waals surface area contributed by atoms with E-state index < -0.39 is 0 Å². The zero-order valence-corrected chi connectivity index (χ0v) is 21.0. The van der Waals surface area contributed by atoms with Crippen LogP contribution in [-0.4, -0.2) is 36.5 Å². The molecule has 33 heavy (non-hydrogen) atoms. The second kappa shape index (κ2) is 9.07. The van der Waals surface area contributed by atoms with Gasteiger partial charge in [-0.1, -0.05) is 18.6 Å². The molecule has 2 N–H and O–H groups in total. The van der Waals surface area contributed by atoms with Crippen LogP contribution in [-0.2, 0) is 19.1 Å². The molecule has 0 unspecified atom stereocenters. The van der Waals surface area contributed by atoms with Crippen molar-refractivity contribution in [1.29, 1.82) is 0 Å². The standard InChI is InChI=1S/C27H42N2O4/c1-16(28-17(2)30)23-8-9-25-22-7-6-20-14-21(29-18(3)31)10-12-26(20,5)24(22)11-13-27(23,25)15-33-19(4)32/h6,16,21-25H,7-15H2,1-5H3,(H,28,30)(H,29,31)/t16-,21-,22-,23-,24-,25+,26-,27-/m0/s1. The van der Waals surface area contributed by atoms with Gasteiger partial charge in [0.1, 0.15) is 0 Å². The molecule has 4 rings (SSSR count). The van der Waals surface area contributed by atoms with Crippen LogP contribution in [0.4, 0.5) is 0 Å². The molecule has 8 atom stereocenters. The Labute approximate surface area is 198 Å². The molecule has 0 aromatic rings. The summed E-state index contributed by atoms with van der Waals surface area (Å²) >= 11 is 0. The highest BCUT2D eigenvalue weighted by atomic mass is 16.5. The van der Waals surface area contributed by atoms with Crippen molar-refractivity contribution in [2.45, 2.75) is 98.1 Å². The number of allylic oxidation sites excluding steroid dienone is 1. The first-order valence-electron chi connectivity index (χ1n) is 12.9. The zero-order chi connectivity index (χ0) is 24.0. The SMILES string of the molecule is CC(=O)N[C@H]1CC[C@@]2(C)C(=CC[C@@H]3[C@H]4CC[C@@H]([C@H](C)NC(C)=O)[C@@]4(COC(C)=O)CC[C@@H]32)C1. The highest BCUT2D eigenvalue weighted by molar-refractivity contribution is 5.73. The van der Waals surface area contributed by atoms with Crippen LogP contribution in [0.1, 0.15) is 86.0 Å². The van der Waals surface area contributed by atoms with E-state index in [0.717, 1.165) is 51.4 Å². The van der Waals surface area contributed by atoms with Gasteiger partial charge in [0.15, 0.2) is 0 Å². The molecular formula is C27H42N2O4. The Hall–Kier alpha value is -1.85. The van der Waals surface area contributed by atoms with E-state index in [2.05, 4.69) is 30.6 Å². The van der Waals surface area contributed by atoms with Gasteiger partial charge in [-0.05, 0) is 87.4 Å². The summed E-state index contributed by atoms with van der Waals surface area (Å²) in [5, 5.41) is 6.29. The first-order valence-corrected chi connectivity index (χ1v) is 12.9. The Kier molecular flexibility index (Phi) is 6.67. The van der Waals surface area contributed by atoms with Crippen molar-refractivity contribution in [3.05, 3.63) is 11.6 Å². The Morgan fingerprint density at radius 1 is 1.06 bits per heavy atom. The summed E-state index contributed by atoms with van der Waals surface area (Å²) < 4.78 is 5.73. The molecule has 0 aliphatic heterocycles. The predicted octanol–water partition coefficient (Wildman–Crippen LogP) is 4.14. The number of fused-ring (bicyclic) bond motifs is 5. The number of hydrogen-bond acceptors (Lipinski definition) is 4. The number of amides is 2. The van der Waals surface area contributed by atoms with E-state index in [1.165, 1.54) is 6.92 Å². The smallest absolute Gasteiger partial charge is 0.302 e. The van der Waals surface area contributed by atoms with Crippen LogP contribution in [0.5, 0.6) is 0 Å². The molecule has 184 valence electrons. The van der Waals surface area contributed by atoms with E-state index in [-0.39, 0.29) is 40.7 Å². The summed E-state index contributed by atoms with van der Waals surface area (Å²) in [6.45, 7) is 9.77. The van der Waals surface area contributed by atoms with Crippen molar-refractivity contribution in [3.63, 3.8) is 0 Å².